The summed E-state index contributed by atoms with van der Waals surface area (Å²) in [7, 11) is 1.55. The monoisotopic (exact) mass is 484 g/mol. The Kier molecular flexibility index (Phi) is 7.62. The lowest BCUT2D eigenvalue weighted by atomic mass is 9.97. The van der Waals surface area contributed by atoms with E-state index in [1.807, 2.05) is 6.07 Å². The number of rotatable bonds is 8. The lowest BCUT2D eigenvalue weighted by Gasteiger charge is -2.28. The van der Waals surface area contributed by atoms with E-state index in [1.165, 1.54) is 17.0 Å². The number of hydrogen-bond donors (Lipinski definition) is 2. The van der Waals surface area contributed by atoms with Crippen molar-refractivity contribution < 1.29 is 19.0 Å². The molecule has 2 heterocycles. The summed E-state index contributed by atoms with van der Waals surface area (Å²) < 4.78 is 19.7. The summed E-state index contributed by atoms with van der Waals surface area (Å²) in [4.78, 5) is 19.5. The number of aromatic hydroxyl groups is 1. The number of halogens is 2. The van der Waals surface area contributed by atoms with E-state index >= 15 is 0 Å². The third-order valence-corrected chi connectivity index (χ3v) is 6.11. The van der Waals surface area contributed by atoms with Crippen molar-refractivity contribution in [3.8, 4) is 28.0 Å². The first-order chi connectivity index (χ1) is 16.5. The van der Waals surface area contributed by atoms with Crippen LogP contribution in [-0.4, -0.2) is 62.9 Å². The molecule has 2 N–H and O–H groups in total. The van der Waals surface area contributed by atoms with Crippen LogP contribution in [0.4, 0.5) is 15.9 Å². The topological polar surface area (TPSA) is 77.9 Å². The van der Waals surface area contributed by atoms with Gasteiger partial charge in [-0.15, -0.1) is 0 Å². The number of phenolic OH excluding ortho intramolecular Hbond substituents is 1. The summed E-state index contributed by atoms with van der Waals surface area (Å²) in [6, 6.07) is 11.2. The number of phenols is 1. The summed E-state index contributed by atoms with van der Waals surface area (Å²) in [5.41, 5.74) is 2.36. The largest absolute Gasteiger partial charge is 0.507 e. The van der Waals surface area contributed by atoms with E-state index in [1.54, 1.807) is 37.6 Å². The van der Waals surface area contributed by atoms with Gasteiger partial charge in [-0.3, -0.25) is 4.79 Å². The molecule has 178 valence electrons. The van der Waals surface area contributed by atoms with Gasteiger partial charge in [0.2, 0.25) is 6.41 Å². The molecule has 0 atom stereocenters. The first-order valence-corrected chi connectivity index (χ1v) is 11.3. The van der Waals surface area contributed by atoms with Crippen molar-refractivity contribution in [3.05, 3.63) is 59.5 Å². The summed E-state index contributed by atoms with van der Waals surface area (Å²) in [6.45, 7) is 4.07. The molecule has 4 rings (SSSR count). The SMILES string of the molecule is COCCN(C=O)c1ccc(-c2cc(F)cc(-c3ccnc(N4CCNCC4)c3)c2O)cc1Cl. The summed E-state index contributed by atoms with van der Waals surface area (Å²) >= 11 is 6.45. The number of ether oxygens (including phenoxy) is 1. The Morgan fingerprint density at radius 2 is 1.88 bits per heavy atom. The fraction of sp³-hybridized carbons (Fsp3) is 0.280. The minimum atomic E-state index is -0.488. The Balaban J connectivity index is 1.70. The van der Waals surface area contributed by atoms with E-state index in [9.17, 15) is 14.3 Å². The molecule has 7 nitrogen and oxygen atoms in total. The van der Waals surface area contributed by atoms with Crippen molar-refractivity contribution in [2.75, 3.05) is 56.2 Å². The van der Waals surface area contributed by atoms with Crippen LogP contribution in [0.1, 0.15) is 0 Å². The van der Waals surface area contributed by atoms with Crippen molar-refractivity contribution in [1.82, 2.24) is 10.3 Å². The third kappa shape index (κ3) is 5.14. The lowest BCUT2D eigenvalue weighted by molar-refractivity contribution is -0.107. The van der Waals surface area contributed by atoms with E-state index < -0.39 is 5.82 Å². The Morgan fingerprint density at radius 3 is 2.53 bits per heavy atom. The zero-order valence-corrected chi connectivity index (χ0v) is 19.6. The zero-order valence-electron chi connectivity index (χ0n) is 18.8. The molecule has 1 aliphatic rings. The number of hydrogen-bond acceptors (Lipinski definition) is 6. The molecular formula is C25H26ClFN4O3. The first-order valence-electron chi connectivity index (χ1n) is 11.0. The third-order valence-electron chi connectivity index (χ3n) is 5.80. The molecule has 1 aliphatic heterocycles. The van der Waals surface area contributed by atoms with Crippen molar-refractivity contribution >= 4 is 29.5 Å². The molecule has 1 fully saturated rings. The van der Waals surface area contributed by atoms with Gasteiger partial charge in [-0.05, 0) is 47.5 Å². The molecule has 34 heavy (non-hydrogen) atoms. The second kappa shape index (κ2) is 10.8. The van der Waals surface area contributed by atoms with Gasteiger partial charge in [0.25, 0.3) is 0 Å². The lowest BCUT2D eigenvalue weighted by Crippen LogP contribution is -2.43. The van der Waals surface area contributed by atoms with Crippen LogP contribution in [0.5, 0.6) is 5.75 Å². The molecule has 0 radical (unpaired) electrons. The predicted molar refractivity (Wildman–Crippen MR) is 132 cm³/mol. The van der Waals surface area contributed by atoms with E-state index in [4.69, 9.17) is 16.3 Å². The fourth-order valence-electron chi connectivity index (χ4n) is 4.02. The van der Waals surface area contributed by atoms with Crippen LogP contribution in [0.15, 0.2) is 48.7 Å². The minimum absolute atomic E-state index is 0.0608. The molecule has 3 aromatic rings. The quantitative estimate of drug-likeness (QED) is 0.472. The fourth-order valence-corrected chi connectivity index (χ4v) is 4.31. The van der Waals surface area contributed by atoms with Crippen LogP contribution in [0.2, 0.25) is 5.02 Å². The van der Waals surface area contributed by atoms with Crippen molar-refractivity contribution in [3.63, 3.8) is 0 Å². The highest BCUT2D eigenvalue weighted by Gasteiger charge is 2.18. The number of carbonyl (C=O) groups excluding carboxylic acids is 1. The van der Waals surface area contributed by atoms with Crippen LogP contribution >= 0.6 is 11.6 Å². The van der Waals surface area contributed by atoms with Gasteiger partial charge in [0, 0.05) is 57.2 Å². The molecule has 0 unspecified atom stereocenters. The van der Waals surface area contributed by atoms with Gasteiger partial charge in [-0.25, -0.2) is 9.37 Å². The van der Waals surface area contributed by atoms with Gasteiger partial charge in [-0.1, -0.05) is 17.7 Å². The molecule has 0 bridgehead atoms. The maximum absolute atomic E-state index is 14.7. The van der Waals surface area contributed by atoms with Crippen LogP contribution in [0.3, 0.4) is 0 Å². The first kappa shape index (κ1) is 23.9. The molecule has 9 heteroatoms. The molecule has 0 spiro atoms. The van der Waals surface area contributed by atoms with Crippen LogP contribution < -0.4 is 15.1 Å². The number of benzene rings is 2. The number of carbonyl (C=O) groups is 1. The number of nitrogens with zero attached hydrogens (tertiary/aromatic N) is 3. The van der Waals surface area contributed by atoms with Crippen molar-refractivity contribution in [2.24, 2.45) is 0 Å². The smallest absolute Gasteiger partial charge is 0.214 e. The standard InChI is InChI=1S/C25H26ClFN4O3/c1-34-11-10-31(16-32)23-3-2-17(12-22(23)26)20-14-19(27)15-21(25(20)33)18-4-5-29-24(13-18)30-8-6-28-7-9-30/h2-5,12-16,28,33H,6-11H2,1H3. The number of anilines is 2. The highest BCUT2D eigenvalue weighted by atomic mass is 35.5. The normalized spacial score (nSPS) is 13.7. The molecule has 0 saturated carbocycles. The van der Waals surface area contributed by atoms with E-state index in [0.717, 1.165) is 32.0 Å². The highest BCUT2D eigenvalue weighted by molar-refractivity contribution is 6.34. The van der Waals surface area contributed by atoms with Crippen molar-refractivity contribution in [1.29, 1.82) is 0 Å². The van der Waals surface area contributed by atoms with Gasteiger partial charge in [-0.2, -0.15) is 0 Å². The predicted octanol–water partition coefficient (Wildman–Crippen LogP) is 3.93. The molecule has 1 aromatic heterocycles. The van der Waals surface area contributed by atoms with E-state index in [0.29, 0.717) is 52.5 Å². The Bertz CT molecular complexity index is 1170. The van der Waals surface area contributed by atoms with Crippen LogP contribution in [-0.2, 0) is 9.53 Å². The van der Waals surface area contributed by atoms with E-state index in [-0.39, 0.29) is 5.75 Å². The molecule has 0 aliphatic carbocycles. The second-order valence-corrected chi connectivity index (χ2v) is 8.35. The van der Waals surface area contributed by atoms with Gasteiger partial charge < -0.3 is 25.0 Å². The molecule has 2 aromatic carbocycles. The number of methoxy groups -OCH3 is 1. The van der Waals surface area contributed by atoms with Gasteiger partial charge in [0.05, 0.1) is 17.3 Å². The van der Waals surface area contributed by atoms with Crippen LogP contribution in [0, 0.1) is 5.82 Å². The average Bonchev–Trinajstić information content (AvgIpc) is 2.87. The summed E-state index contributed by atoms with van der Waals surface area (Å²) in [5.74, 6) is 0.231. The van der Waals surface area contributed by atoms with Crippen molar-refractivity contribution in [2.45, 2.75) is 0 Å². The van der Waals surface area contributed by atoms with Gasteiger partial charge in [0.1, 0.15) is 17.4 Å². The number of aromatic nitrogens is 1. The van der Waals surface area contributed by atoms with Crippen LogP contribution in [0.25, 0.3) is 22.3 Å². The average molecular weight is 485 g/mol. The second-order valence-electron chi connectivity index (χ2n) is 7.95. The maximum Gasteiger partial charge on any atom is 0.214 e. The summed E-state index contributed by atoms with van der Waals surface area (Å²) in [5, 5.41) is 14.7. The zero-order chi connectivity index (χ0) is 24.1. The summed E-state index contributed by atoms with van der Waals surface area (Å²) in [6.07, 6.45) is 2.34. The molecule has 1 saturated heterocycles. The minimum Gasteiger partial charge on any atom is -0.507 e. The number of amides is 1. The maximum atomic E-state index is 14.7. The Morgan fingerprint density at radius 1 is 1.18 bits per heavy atom. The molecule has 1 amide bonds. The Hall–Kier alpha value is -3.20. The molecular weight excluding hydrogens is 459 g/mol. The van der Waals surface area contributed by atoms with E-state index in [2.05, 4.69) is 15.2 Å². The number of pyridine rings is 1. The Labute approximate surface area is 202 Å². The number of piperazine rings is 1. The van der Waals surface area contributed by atoms with Gasteiger partial charge in [0.15, 0.2) is 0 Å². The number of nitrogens with one attached hydrogen (secondary N) is 1. The highest BCUT2D eigenvalue weighted by Crippen LogP contribution is 2.41. The van der Waals surface area contributed by atoms with Gasteiger partial charge >= 0.3 is 0 Å².